The van der Waals surface area contributed by atoms with Gasteiger partial charge in [-0.3, -0.25) is 0 Å². The molecule has 0 fully saturated rings. The molecule has 0 aromatic heterocycles. The van der Waals surface area contributed by atoms with Crippen LogP contribution >= 0.6 is 0 Å². The van der Waals surface area contributed by atoms with Gasteiger partial charge in [-0.15, -0.1) is 0 Å². The van der Waals surface area contributed by atoms with Crippen molar-refractivity contribution < 1.29 is 23.8 Å². The molecule has 0 aliphatic carbocycles. The normalized spacial score (nSPS) is 10.4. The van der Waals surface area contributed by atoms with Crippen LogP contribution in [0.15, 0.2) is 54.6 Å². The second-order valence-electron chi connectivity index (χ2n) is 4.90. The number of benzene rings is 2. The maximum absolute atomic E-state index is 11.7. The molecule has 0 N–H and O–H groups in total. The van der Waals surface area contributed by atoms with Gasteiger partial charge in [-0.2, -0.15) is 0 Å². The maximum atomic E-state index is 11.7. The third-order valence-electron chi connectivity index (χ3n) is 3.28. The molecule has 0 aliphatic rings. The fourth-order valence-electron chi connectivity index (χ4n) is 1.94. The molecule has 0 aliphatic heterocycles. The summed E-state index contributed by atoms with van der Waals surface area (Å²) >= 11 is 0. The molecule has 0 radical (unpaired) electrons. The Morgan fingerprint density at radius 1 is 0.958 bits per heavy atom. The second kappa shape index (κ2) is 8.53. The van der Waals surface area contributed by atoms with Crippen molar-refractivity contribution >= 4 is 18.0 Å². The van der Waals surface area contributed by atoms with E-state index in [0.29, 0.717) is 5.56 Å². The van der Waals surface area contributed by atoms with Crippen LogP contribution in [0.2, 0.25) is 0 Å². The molecule has 0 bridgehead atoms. The average molecular weight is 326 g/mol. The van der Waals surface area contributed by atoms with Gasteiger partial charge in [0.2, 0.25) is 0 Å². The number of esters is 2. The molecule has 0 amide bonds. The van der Waals surface area contributed by atoms with E-state index in [1.54, 1.807) is 37.5 Å². The highest BCUT2D eigenvalue weighted by Crippen LogP contribution is 2.12. The molecule has 0 heterocycles. The zero-order valence-corrected chi connectivity index (χ0v) is 13.5. The van der Waals surface area contributed by atoms with Gasteiger partial charge in [0, 0.05) is 6.08 Å². The minimum Gasteiger partial charge on any atom is -0.497 e. The van der Waals surface area contributed by atoms with Gasteiger partial charge in [-0.1, -0.05) is 24.3 Å². The zero-order chi connectivity index (χ0) is 17.4. The molecule has 2 aromatic rings. The first-order chi connectivity index (χ1) is 11.6. The number of rotatable bonds is 6. The first-order valence-corrected chi connectivity index (χ1v) is 7.28. The molecule has 0 saturated carbocycles. The second-order valence-corrected chi connectivity index (χ2v) is 4.90. The Hall–Kier alpha value is -3.08. The van der Waals surface area contributed by atoms with Gasteiger partial charge < -0.3 is 14.2 Å². The molecule has 0 saturated heterocycles. The average Bonchev–Trinajstić information content (AvgIpc) is 2.64. The van der Waals surface area contributed by atoms with E-state index in [1.165, 1.54) is 13.2 Å². The molecule has 5 heteroatoms. The summed E-state index contributed by atoms with van der Waals surface area (Å²) < 4.78 is 14.9. The lowest BCUT2D eigenvalue weighted by Crippen LogP contribution is -2.01. The van der Waals surface area contributed by atoms with Crippen LogP contribution < -0.4 is 4.74 Å². The van der Waals surface area contributed by atoms with Gasteiger partial charge in [-0.05, 0) is 41.5 Å². The van der Waals surface area contributed by atoms with Crippen molar-refractivity contribution in [3.8, 4) is 5.75 Å². The van der Waals surface area contributed by atoms with Gasteiger partial charge in [-0.25, -0.2) is 9.59 Å². The Bertz CT molecular complexity index is 714. The molecule has 2 aromatic carbocycles. The Kier molecular flexibility index (Phi) is 6.14. The van der Waals surface area contributed by atoms with Crippen LogP contribution in [-0.4, -0.2) is 26.2 Å². The molecular formula is C19H18O5. The summed E-state index contributed by atoms with van der Waals surface area (Å²) in [6.07, 6.45) is 2.97. The summed E-state index contributed by atoms with van der Waals surface area (Å²) in [6.45, 7) is 0.189. The van der Waals surface area contributed by atoms with E-state index in [-0.39, 0.29) is 6.61 Å². The monoisotopic (exact) mass is 326 g/mol. The molecular weight excluding hydrogens is 308 g/mol. The van der Waals surface area contributed by atoms with Crippen molar-refractivity contribution in [3.63, 3.8) is 0 Å². The van der Waals surface area contributed by atoms with Gasteiger partial charge in [0.15, 0.2) is 0 Å². The highest BCUT2D eigenvalue weighted by molar-refractivity contribution is 5.90. The number of hydrogen-bond acceptors (Lipinski definition) is 5. The van der Waals surface area contributed by atoms with E-state index in [1.807, 2.05) is 24.3 Å². The van der Waals surface area contributed by atoms with Crippen LogP contribution in [0.25, 0.3) is 6.08 Å². The summed E-state index contributed by atoms with van der Waals surface area (Å²) in [4.78, 5) is 23.1. The molecule has 124 valence electrons. The summed E-state index contributed by atoms with van der Waals surface area (Å²) in [5.41, 5.74) is 2.11. The van der Waals surface area contributed by atoms with Gasteiger partial charge >= 0.3 is 11.9 Å². The highest BCUT2D eigenvalue weighted by Gasteiger charge is 2.04. The van der Waals surface area contributed by atoms with Crippen LogP contribution in [-0.2, 0) is 20.9 Å². The first kappa shape index (κ1) is 17.3. The van der Waals surface area contributed by atoms with E-state index in [2.05, 4.69) is 4.74 Å². The minimum absolute atomic E-state index is 0.189. The maximum Gasteiger partial charge on any atom is 0.337 e. The predicted molar refractivity (Wildman–Crippen MR) is 89.6 cm³/mol. The SMILES string of the molecule is COC(=O)c1ccc(/C=C/C(=O)OCc2ccc(OC)cc2)cc1. The number of carbonyl (C=O) groups excluding carboxylic acids is 2. The summed E-state index contributed by atoms with van der Waals surface area (Å²) in [5, 5.41) is 0. The molecule has 5 nitrogen and oxygen atoms in total. The van der Waals surface area contributed by atoms with Crippen molar-refractivity contribution in [2.24, 2.45) is 0 Å². The van der Waals surface area contributed by atoms with E-state index >= 15 is 0 Å². The van der Waals surface area contributed by atoms with Crippen LogP contribution in [0.5, 0.6) is 5.75 Å². The zero-order valence-electron chi connectivity index (χ0n) is 13.5. The summed E-state index contributed by atoms with van der Waals surface area (Å²) in [5.74, 6) is -0.0901. The fraction of sp³-hybridized carbons (Fsp3) is 0.158. The predicted octanol–water partition coefficient (Wildman–Crippen LogP) is 3.24. The molecule has 2 rings (SSSR count). The Balaban J connectivity index is 1.86. The molecule has 0 atom stereocenters. The minimum atomic E-state index is -0.442. The fourth-order valence-corrected chi connectivity index (χ4v) is 1.94. The van der Waals surface area contributed by atoms with Crippen LogP contribution in [0.1, 0.15) is 21.5 Å². The topological polar surface area (TPSA) is 61.8 Å². The largest absolute Gasteiger partial charge is 0.497 e. The van der Waals surface area contributed by atoms with Gasteiger partial charge in [0.25, 0.3) is 0 Å². The standard InChI is InChI=1S/C19H18O5/c1-22-17-10-5-15(6-11-17)13-24-18(20)12-7-14-3-8-16(9-4-14)19(21)23-2/h3-12H,13H2,1-2H3/b12-7+. The molecule has 0 unspecified atom stereocenters. The van der Waals surface area contributed by atoms with Crippen LogP contribution in [0, 0.1) is 0 Å². The van der Waals surface area contributed by atoms with Gasteiger partial charge in [0.1, 0.15) is 12.4 Å². The lowest BCUT2D eigenvalue weighted by Gasteiger charge is -2.04. The van der Waals surface area contributed by atoms with E-state index < -0.39 is 11.9 Å². The first-order valence-electron chi connectivity index (χ1n) is 7.28. The Morgan fingerprint density at radius 3 is 2.21 bits per heavy atom. The highest BCUT2D eigenvalue weighted by atomic mass is 16.5. The Labute approximate surface area is 140 Å². The third-order valence-corrected chi connectivity index (χ3v) is 3.28. The Morgan fingerprint density at radius 2 is 1.62 bits per heavy atom. The van der Waals surface area contributed by atoms with Crippen LogP contribution in [0.3, 0.4) is 0 Å². The molecule has 24 heavy (non-hydrogen) atoms. The smallest absolute Gasteiger partial charge is 0.337 e. The van der Waals surface area contributed by atoms with Crippen molar-refractivity contribution in [3.05, 3.63) is 71.3 Å². The number of ether oxygens (including phenoxy) is 3. The lowest BCUT2D eigenvalue weighted by atomic mass is 10.1. The van der Waals surface area contributed by atoms with Crippen molar-refractivity contribution in [1.82, 2.24) is 0 Å². The van der Waals surface area contributed by atoms with E-state index in [0.717, 1.165) is 16.9 Å². The third kappa shape index (κ3) is 4.98. The number of methoxy groups -OCH3 is 2. The molecule has 0 spiro atoms. The van der Waals surface area contributed by atoms with Crippen molar-refractivity contribution in [2.75, 3.05) is 14.2 Å². The summed E-state index contributed by atoms with van der Waals surface area (Å²) in [7, 11) is 2.92. The van der Waals surface area contributed by atoms with E-state index in [4.69, 9.17) is 9.47 Å². The lowest BCUT2D eigenvalue weighted by molar-refractivity contribution is -0.138. The van der Waals surface area contributed by atoms with Gasteiger partial charge in [0.05, 0.1) is 19.8 Å². The quantitative estimate of drug-likeness (QED) is 0.602. The van der Waals surface area contributed by atoms with Crippen molar-refractivity contribution in [1.29, 1.82) is 0 Å². The summed E-state index contributed by atoms with van der Waals surface area (Å²) in [6, 6.07) is 14.0. The van der Waals surface area contributed by atoms with Crippen LogP contribution in [0.4, 0.5) is 0 Å². The van der Waals surface area contributed by atoms with Crippen molar-refractivity contribution in [2.45, 2.75) is 6.61 Å². The number of carbonyl (C=O) groups is 2. The number of hydrogen-bond donors (Lipinski definition) is 0. The van der Waals surface area contributed by atoms with E-state index in [9.17, 15) is 9.59 Å².